The molecule has 0 spiro atoms. The van der Waals surface area contributed by atoms with E-state index >= 15 is 0 Å². The van der Waals surface area contributed by atoms with Crippen LogP contribution in [0.4, 0.5) is 11.4 Å². The fraction of sp³-hybridized carbons (Fsp3) is 0.286. The average Bonchev–Trinajstić information content (AvgIpc) is 3.64. The van der Waals surface area contributed by atoms with Crippen molar-refractivity contribution in [3.8, 4) is 0 Å². The molecule has 0 bridgehead atoms. The first-order chi connectivity index (χ1) is 19.2. The topological polar surface area (TPSA) is 82.9 Å². The van der Waals surface area contributed by atoms with Crippen LogP contribution in [0.2, 0.25) is 0 Å². The lowest BCUT2D eigenvalue weighted by molar-refractivity contribution is -0.137. The zero-order chi connectivity index (χ0) is 28.3. The van der Waals surface area contributed by atoms with Gasteiger partial charge >= 0.3 is 5.97 Å². The normalized spacial score (nSPS) is 21.9. The second-order valence-corrected chi connectivity index (χ2v) is 14.3. The summed E-state index contributed by atoms with van der Waals surface area (Å²) >= 11 is 15.0. The van der Waals surface area contributed by atoms with Gasteiger partial charge in [-0.15, -0.1) is 11.3 Å². The number of aliphatic carboxylic acids is 1. The summed E-state index contributed by atoms with van der Waals surface area (Å²) in [5.41, 5.74) is 3.96. The molecule has 7 nitrogen and oxygen atoms in total. The number of halogens is 2. The lowest BCUT2D eigenvalue weighted by Gasteiger charge is -2.28. The molecule has 3 aromatic rings. The second-order valence-electron chi connectivity index (χ2n) is 9.84. The van der Waals surface area contributed by atoms with Gasteiger partial charge in [0.05, 0.1) is 10.2 Å². The number of hydrogen-bond donors (Lipinski definition) is 1. The molecule has 3 heterocycles. The Morgan fingerprint density at radius 2 is 1.93 bits per heavy atom. The molecule has 1 saturated heterocycles. The molecule has 2 atom stereocenters. The van der Waals surface area contributed by atoms with Gasteiger partial charge in [-0.05, 0) is 89.3 Å². The quantitative estimate of drug-likeness (QED) is 0.367. The van der Waals surface area contributed by atoms with Crippen molar-refractivity contribution in [2.75, 3.05) is 11.4 Å². The lowest BCUT2D eigenvalue weighted by atomic mass is 9.96. The van der Waals surface area contributed by atoms with Crippen LogP contribution >= 0.6 is 67.2 Å². The molecule has 1 saturated carbocycles. The molecule has 2 aliphatic heterocycles. The van der Waals surface area contributed by atoms with Crippen molar-refractivity contribution in [1.29, 1.82) is 0 Å². The number of carboxylic acid groups (broad SMARTS) is 1. The molecule has 12 heteroatoms. The minimum atomic E-state index is -1.15. The number of fused-ring (bicyclic) bond motifs is 3. The summed E-state index contributed by atoms with van der Waals surface area (Å²) in [4.78, 5) is 42.3. The Morgan fingerprint density at radius 1 is 1.18 bits per heavy atom. The molecule has 3 aliphatic rings. The number of thioether (sulfide) groups is 1. The highest BCUT2D eigenvalue weighted by molar-refractivity contribution is 9.10. The Labute approximate surface area is 260 Å². The number of amides is 1. The van der Waals surface area contributed by atoms with E-state index in [2.05, 4.69) is 67.1 Å². The Bertz CT molecular complexity index is 1770. The molecule has 2 unspecified atom stereocenters. The van der Waals surface area contributed by atoms with Crippen LogP contribution in [0.5, 0.6) is 0 Å². The van der Waals surface area contributed by atoms with E-state index in [4.69, 9.17) is 12.2 Å². The first-order valence-electron chi connectivity index (χ1n) is 12.8. The summed E-state index contributed by atoms with van der Waals surface area (Å²) in [6, 6.07) is 12.9. The zero-order valence-electron chi connectivity index (χ0n) is 21.2. The molecular weight excluding hydrogens is 698 g/mol. The molecule has 206 valence electrons. The van der Waals surface area contributed by atoms with E-state index < -0.39 is 18.1 Å². The van der Waals surface area contributed by atoms with Crippen LogP contribution in [0.15, 0.2) is 50.1 Å². The number of aromatic nitrogens is 1. The third kappa shape index (κ3) is 4.71. The van der Waals surface area contributed by atoms with Crippen LogP contribution in [-0.4, -0.2) is 43.4 Å². The number of nitrogens with zero attached hydrogens (tertiary/aromatic N) is 3. The van der Waals surface area contributed by atoms with Crippen LogP contribution in [-0.2, 0) is 16.1 Å². The van der Waals surface area contributed by atoms with Gasteiger partial charge < -0.3 is 10.0 Å². The lowest BCUT2D eigenvalue weighted by Crippen LogP contribution is -2.35. The Balaban J connectivity index is 1.50. The maximum Gasteiger partial charge on any atom is 0.323 e. The van der Waals surface area contributed by atoms with Crippen LogP contribution in [0.1, 0.15) is 43.2 Å². The number of carbonyl (C=O) groups is 2. The summed E-state index contributed by atoms with van der Waals surface area (Å²) in [5.74, 6) is -1.07. The number of anilines is 2. The molecular formula is C28H23Br2N3O4S3. The molecule has 0 radical (unpaired) electrons. The van der Waals surface area contributed by atoms with Crippen LogP contribution in [0.25, 0.3) is 11.0 Å². The molecule has 2 fully saturated rings. The Kier molecular flexibility index (Phi) is 7.58. The standard InChI is InChI=1S/C28H23Br2N3O4S3/c1-2-31-26(37)24(40-28(31)38)27-32(13-22(34)35)25(36)21(39-27)12-14-10-18-17-4-3-5-20(17)33(23(18)19(30)11-14)16-8-6-15(29)7-9-16/h6-12,17,20H,2-5,13H2,1H3,(H,34,35)/b21-12+,27-24+. The van der Waals surface area contributed by atoms with Gasteiger partial charge in [0.25, 0.3) is 11.5 Å². The van der Waals surface area contributed by atoms with E-state index in [0.717, 1.165) is 68.2 Å². The fourth-order valence-electron chi connectivity index (χ4n) is 5.88. The maximum atomic E-state index is 13.5. The van der Waals surface area contributed by atoms with Gasteiger partial charge in [0.15, 0.2) is 0 Å². The molecule has 6 rings (SSSR count). The number of rotatable bonds is 5. The monoisotopic (exact) mass is 719 g/mol. The van der Waals surface area contributed by atoms with Crippen LogP contribution in [0, 0.1) is 0 Å². The van der Waals surface area contributed by atoms with Gasteiger partial charge in [-0.25, -0.2) is 0 Å². The van der Waals surface area contributed by atoms with Crippen molar-refractivity contribution in [2.45, 2.75) is 44.7 Å². The van der Waals surface area contributed by atoms with Crippen molar-refractivity contribution in [1.82, 2.24) is 9.47 Å². The molecule has 40 heavy (non-hydrogen) atoms. The summed E-state index contributed by atoms with van der Waals surface area (Å²) in [6.07, 6.45) is 5.16. The molecule has 1 aliphatic carbocycles. The second kappa shape index (κ2) is 10.9. The summed E-state index contributed by atoms with van der Waals surface area (Å²) in [7, 11) is 0. The number of thiocarbonyl (C=S) groups is 1. The minimum Gasteiger partial charge on any atom is -0.480 e. The number of carboxylic acids is 1. The van der Waals surface area contributed by atoms with E-state index in [1.807, 2.05) is 13.0 Å². The van der Waals surface area contributed by atoms with Crippen molar-refractivity contribution in [2.24, 2.45) is 0 Å². The highest BCUT2D eigenvalue weighted by atomic mass is 79.9. The smallest absolute Gasteiger partial charge is 0.323 e. The highest BCUT2D eigenvalue weighted by Gasteiger charge is 2.43. The van der Waals surface area contributed by atoms with Gasteiger partial charge in [-0.1, -0.05) is 46.3 Å². The van der Waals surface area contributed by atoms with E-state index in [9.17, 15) is 19.5 Å². The van der Waals surface area contributed by atoms with Gasteiger partial charge in [-0.2, -0.15) is 0 Å². The fourth-order valence-corrected chi connectivity index (χ4v) is 9.47. The number of hydrogen-bond acceptors (Lipinski definition) is 7. The van der Waals surface area contributed by atoms with Gasteiger partial charge in [0, 0.05) is 33.1 Å². The Hall–Kier alpha value is -2.25. The SMILES string of the molecule is CCN1C(=O)/C(=c2\s/c(=C/c3cc(Br)c4c(c3)C3CCCC3N4c3ccc(Br)cc3)c(=O)n2CC(=O)O)SC1=S. The first kappa shape index (κ1) is 27.9. The van der Waals surface area contributed by atoms with E-state index in [1.54, 1.807) is 6.08 Å². The van der Waals surface area contributed by atoms with E-state index in [0.29, 0.717) is 36.9 Å². The largest absolute Gasteiger partial charge is 0.480 e. The number of benzene rings is 2. The number of thiazole rings is 1. The maximum absolute atomic E-state index is 13.5. The van der Waals surface area contributed by atoms with E-state index in [-0.39, 0.29) is 5.91 Å². The minimum absolute atomic E-state index is 0.295. The molecule has 1 amide bonds. The predicted octanol–water partition coefficient (Wildman–Crippen LogP) is 5.12. The van der Waals surface area contributed by atoms with E-state index in [1.165, 1.54) is 15.0 Å². The van der Waals surface area contributed by atoms with Crippen LogP contribution < -0.4 is 19.7 Å². The van der Waals surface area contributed by atoms with Crippen molar-refractivity contribution < 1.29 is 14.7 Å². The highest BCUT2D eigenvalue weighted by Crippen LogP contribution is 2.55. The molecule has 1 aromatic heterocycles. The zero-order valence-corrected chi connectivity index (χ0v) is 26.8. The summed E-state index contributed by atoms with van der Waals surface area (Å²) in [5, 5.41) is 9.52. The Morgan fingerprint density at radius 3 is 2.60 bits per heavy atom. The summed E-state index contributed by atoms with van der Waals surface area (Å²) < 4.78 is 4.24. The van der Waals surface area contributed by atoms with Crippen molar-refractivity contribution in [3.63, 3.8) is 0 Å². The third-order valence-electron chi connectivity index (χ3n) is 7.53. The van der Waals surface area contributed by atoms with Gasteiger partial charge in [0.2, 0.25) is 0 Å². The van der Waals surface area contributed by atoms with Crippen molar-refractivity contribution >= 4 is 106 Å². The average molecular weight is 722 g/mol. The van der Waals surface area contributed by atoms with Crippen LogP contribution in [0.3, 0.4) is 0 Å². The third-order valence-corrected chi connectivity index (χ3v) is 11.4. The van der Waals surface area contributed by atoms with Gasteiger partial charge in [0.1, 0.15) is 20.4 Å². The number of carbonyl (C=O) groups excluding carboxylic acids is 1. The molecule has 2 aromatic carbocycles. The predicted molar refractivity (Wildman–Crippen MR) is 171 cm³/mol. The molecule has 1 N–H and O–H groups in total. The van der Waals surface area contributed by atoms with Gasteiger partial charge in [-0.3, -0.25) is 23.9 Å². The summed E-state index contributed by atoms with van der Waals surface area (Å²) in [6.45, 7) is 1.70. The van der Waals surface area contributed by atoms with Crippen molar-refractivity contribution in [3.05, 3.63) is 76.0 Å². The first-order valence-corrected chi connectivity index (χ1v) is 16.4.